The van der Waals surface area contributed by atoms with Crippen molar-refractivity contribution in [2.75, 3.05) is 31.7 Å². The molecule has 8 nitrogen and oxygen atoms in total. The second-order valence-electron chi connectivity index (χ2n) is 7.14. The molecule has 1 atom stereocenters. The standard InChI is InChI=1S/C21H26N4O4S2/c1-4-14(3)25-20(28)16(31-21(25)30)12-15-17(22-7-10-29-11-9-26)23-18-13(2)6-5-8-24(18)19(15)27/h5-6,8,12,14,22,26H,4,7,9-11H2,1-3H3/b16-12-/t14-/m0/s1. The summed E-state index contributed by atoms with van der Waals surface area (Å²) in [5.74, 6) is 0.177. The van der Waals surface area contributed by atoms with Crippen molar-refractivity contribution in [3.63, 3.8) is 0 Å². The van der Waals surface area contributed by atoms with E-state index in [9.17, 15) is 9.59 Å². The van der Waals surface area contributed by atoms with E-state index in [1.54, 1.807) is 23.2 Å². The molecule has 0 saturated carbocycles. The van der Waals surface area contributed by atoms with Gasteiger partial charge in [-0.1, -0.05) is 37.0 Å². The lowest BCUT2D eigenvalue weighted by molar-refractivity contribution is -0.123. The molecule has 1 fully saturated rings. The van der Waals surface area contributed by atoms with Crippen LogP contribution in [-0.2, 0) is 9.53 Å². The maximum Gasteiger partial charge on any atom is 0.267 e. The number of rotatable bonds is 9. The number of anilines is 1. The van der Waals surface area contributed by atoms with Crippen molar-refractivity contribution in [1.82, 2.24) is 14.3 Å². The number of aliphatic hydroxyl groups is 1. The van der Waals surface area contributed by atoms with Crippen LogP contribution in [-0.4, -0.2) is 62.0 Å². The van der Waals surface area contributed by atoms with Crippen LogP contribution in [0.2, 0.25) is 0 Å². The SMILES string of the molecule is CC[C@H](C)N1C(=O)/C(=C/c2c(NCCOCCO)nc3c(C)cccn3c2=O)SC1=S. The van der Waals surface area contributed by atoms with Gasteiger partial charge in [-0.25, -0.2) is 4.98 Å². The predicted molar refractivity (Wildman–Crippen MR) is 127 cm³/mol. The normalized spacial score (nSPS) is 16.5. The summed E-state index contributed by atoms with van der Waals surface area (Å²) in [4.78, 5) is 32.9. The van der Waals surface area contributed by atoms with Crippen molar-refractivity contribution in [2.24, 2.45) is 0 Å². The molecule has 166 valence electrons. The zero-order valence-electron chi connectivity index (χ0n) is 17.8. The maximum atomic E-state index is 13.3. The summed E-state index contributed by atoms with van der Waals surface area (Å²) in [6, 6.07) is 3.65. The third kappa shape index (κ3) is 4.98. The second-order valence-corrected chi connectivity index (χ2v) is 8.81. The molecule has 1 amide bonds. The number of thiocarbonyl (C=S) groups is 1. The van der Waals surface area contributed by atoms with Crippen molar-refractivity contribution in [2.45, 2.75) is 33.2 Å². The van der Waals surface area contributed by atoms with Gasteiger partial charge < -0.3 is 15.2 Å². The fraction of sp³-hybridized carbons (Fsp3) is 0.429. The summed E-state index contributed by atoms with van der Waals surface area (Å²) in [5.41, 5.74) is 1.40. The van der Waals surface area contributed by atoms with Crippen LogP contribution >= 0.6 is 24.0 Å². The smallest absolute Gasteiger partial charge is 0.267 e. The topological polar surface area (TPSA) is 96.2 Å². The van der Waals surface area contributed by atoms with Gasteiger partial charge in [0.05, 0.1) is 30.3 Å². The molecule has 1 aliphatic heterocycles. The van der Waals surface area contributed by atoms with Gasteiger partial charge in [-0.3, -0.25) is 18.9 Å². The Morgan fingerprint density at radius 3 is 2.87 bits per heavy atom. The minimum Gasteiger partial charge on any atom is -0.394 e. The molecule has 0 bridgehead atoms. The zero-order valence-corrected chi connectivity index (χ0v) is 19.4. The average molecular weight is 463 g/mol. The summed E-state index contributed by atoms with van der Waals surface area (Å²) in [6.45, 7) is 6.73. The van der Waals surface area contributed by atoms with E-state index < -0.39 is 0 Å². The first-order chi connectivity index (χ1) is 14.9. The maximum absolute atomic E-state index is 13.3. The Bertz CT molecular complexity index is 1080. The van der Waals surface area contributed by atoms with Crippen molar-refractivity contribution < 1.29 is 14.6 Å². The molecule has 2 aromatic rings. The number of aryl methyl sites for hydroxylation is 1. The largest absolute Gasteiger partial charge is 0.394 e. The van der Waals surface area contributed by atoms with Gasteiger partial charge in [0.15, 0.2) is 0 Å². The highest BCUT2D eigenvalue weighted by Gasteiger charge is 2.35. The van der Waals surface area contributed by atoms with Crippen LogP contribution in [0.15, 0.2) is 28.0 Å². The molecule has 1 aliphatic rings. The van der Waals surface area contributed by atoms with E-state index in [1.165, 1.54) is 16.2 Å². The minimum atomic E-state index is -0.277. The van der Waals surface area contributed by atoms with Crippen LogP contribution in [0.25, 0.3) is 11.7 Å². The Balaban J connectivity index is 2.03. The quantitative estimate of drug-likeness (QED) is 0.333. The number of thioether (sulfide) groups is 1. The van der Waals surface area contributed by atoms with Crippen molar-refractivity contribution in [1.29, 1.82) is 0 Å². The molecule has 0 radical (unpaired) electrons. The van der Waals surface area contributed by atoms with E-state index in [4.69, 9.17) is 22.1 Å². The summed E-state index contributed by atoms with van der Waals surface area (Å²) in [6.07, 6.45) is 4.01. The molecule has 2 aromatic heterocycles. The summed E-state index contributed by atoms with van der Waals surface area (Å²) in [7, 11) is 0. The monoisotopic (exact) mass is 462 g/mol. The predicted octanol–water partition coefficient (Wildman–Crippen LogP) is 2.42. The number of aromatic nitrogens is 2. The fourth-order valence-corrected chi connectivity index (χ4v) is 4.60. The van der Waals surface area contributed by atoms with E-state index in [-0.39, 0.29) is 36.3 Å². The number of carbonyl (C=O) groups excluding carboxylic acids is 1. The van der Waals surface area contributed by atoms with Gasteiger partial charge in [-0.2, -0.15) is 0 Å². The molecule has 0 unspecified atom stereocenters. The van der Waals surface area contributed by atoms with Gasteiger partial charge in [0, 0.05) is 18.8 Å². The highest BCUT2D eigenvalue weighted by Crippen LogP contribution is 2.34. The molecular weight excluding hydrogens is 436 g/mol. The number of amides is 1. The third-order valence-corrected chi connectivity index (χ3v) is 6.32. The Morgan fingerprint density at radius 1 is 1.39 bits per heavy atom. The van der Waals surface area contributed by atoms with Gasteiger partial charge in [0.1, 0.15) is 15.8 Å². The molecule has 31 heavy (non-hydrogen) atoms. The number of nitrogens with zero attached hydrogens (tertiary/aromatic N) is 3. The van der Waals surface area contributed by atoms with Crippen LogP contribution in [0.5, 0.6) is 0 Å². The van der Waals surface area contributed by atoms with Crippen LogP contribution < -0.4 is 10.9 Å². The number of ether oxygens (including phenoxy) is 1. The zero-order chi connectivity index (χ0) is 22.5. The summed E-state index contributed by atoms with van der Waals surface area (Å²) < 4.78 is 7.25. The molecule has 10 heteroatoms. The number of carbonyl (C=O) groups is 1. The highest BCUT2D eigenvalue weighted by molar-refractivity contribution is 8.26. The number of fused-ring (bicyclic) bond motifs is 1. The van der Waals surface area contributed by atoms with Crippen LogP contribution in [0.1, 0.15) is 31.4 Å². The Kier molecular flexibility index (Phi) is 7.82. The highest BCUT2D eigenvalue weighted by atomic mass is 32.2. The number of pyridine rings is 1. The van der Waals surface area contributed by atoms with Gasteiger partial charge in [0.2, 0.25) is 0 Å². The fourth-order valence-electron chi connectivity index (χ4n) is 3.16. The van der Waals surface area contributed by atoms with Gasteiger partial charge in [-0.05, 0) is 38.0 Å². The molecule has 3 rings (SSSR count). The summed E-state index contributed by atoms with van der Waals surface area (Å²) in [5, 5.41) is 12.0. The van der Waals surface area contributed by atoms with Crippen LogP contribution in [0, 0.1) is 6.92 Å². The Hall–Kier alpha value is -2.27. The number of hydrogen-bond donors (Lipinski definition) is 2. The molecule has 1 saturated heterocycles. The minimum absolute atomic E-state index is 0.0156. The van der Waals surface area contributed by atoms with Crippen LogP contribution in [0.3, 0.4) is 0 Å². The second kappa shape index (κ2) is 10.4. The van der Waals surface area contributed by atoms with Gasteiger partial charge >= 0.3 is 0 Å². The van der Waals surface area contributed by atoms with E-state index in [2.05, 4.69) is 10.3 Å². The van der Waals surface area contributed by atoms with E-state index >= 15 is 0 Å². The number of nitrogens with one attached hydrogen (secondary N) is 1. The first-order valence-corrected chi connectivity index (χ1v) is 11.3. The van der Waals surface area contributed by atoms with E-state index in [1.807, 2.05) is 26.8 Å². The third-order valence-electron chi connectivity index (χ3n) is 4.99. The van der Waals surface area contributed by atoms with Crippen molar-refractivity contribution >= 4 is 51.7 Å². The van der Waals surface area contributed by atoms with E-state index in [0.29, 0.717) is 33.8 Å². The van der Waals surface area contributed by atoms with E-state index in [0.717, 1.165) is 12.0 Å². The first kappa shape index (κ1) is 23.4. The average Bonchev–Trinajstić information content (AvgIpc) is 3.03. The molecule has 2 N–H and O–H groups in total. The lowest BCUT2D eigenvalue weighted by atomic mass is 10.2. The Morgan fingerprint density at radius 2 is 2.16 bits per heavy atom. The van der Waals surface area contributed by atoms with Gasteiger partial charge in [0.25, 0.3) is 11.5 Å². The molecule has 0 aromatic carbocycles. The number of aliphatic hydroxyl groups excluding tert-OH is 1. The first-order valence-electron chi connectivity index (χ1n) is 10.1. The lowest BCUT2D eigenvalue weighted by Crippen LogP contribution is -2.36. The molecule has 0 aliphatic carbocycles. The van der Waals surface area contributed by atoms with Crippen LogP contribution in [0.4, 0.5) is 5.82 Å². The summed E-state index contributed by atoms with van der Waals surface area (Å²) >= 11 is 6.59. The van der Waals surface area contributed by atoms with Gasteiger partial charge in [-0.15, -0.1) is 0 Å². The molecular formula is C21H26N4O4S2. The Labute approximate surface area is 190 Å². The molecule has 0 spiro atoms. The van der Waals surface area contributed by atoms with Crippen molar-refractivity contribution in [3.05, 3.63) is 44.7 Å². The number of hydrogen-bond acceptors (Lipinski definition) is 8. The van der Waals surface area contributed by atoms with Crippen molar-refractivity contribution in [3.8, 4) is 0 Å². The lowest BCUT2D eigenvalue weighted by Gasteiger charge is -2.21. The molecule has 3 heterocycles.